The van der Waals surface area contributed by atoms with Crippen LogP contribution in [0, 0.1) is 0 Å². The molecule has 6 heteroatoms. The minimum absolute atomic E-state index is 0.278. The first kappa shape index (κ1) is 23.4. The Morgan fingerprint density at radius 1 is 0.788 bits per heavy atom. The second kappa shape index (κ2) is 9.64. The number of nitrogens with zero attached hydrogens (tertiary/aromatic N) is 1. The third kappa shape index (κ3) is 4.96. The molecule has 0 saturated carbocycles. The summed E-state index contributed by atoms with van der Waals surface area (Å²) in [6, 6.07) is 28.6. The van der Waals surface area contributed by atoms with E-state index in [1.54, 1.807) is 12.1 Å². The van der Waals surface area contributed by atoms with Gasteiger partial charge < -0.3 is 5.11 Å². The number of aliphatic hydroxyl groups is 1. The summed E-state index contributed by atoms with van der Waals surface area (Å²) in [6.45, 7) is 1.95. The normalized spacial score (nSPS) is 14.9. The molecule has 170 valence electrons. The summed E-state index contributed by atoms with van der Waals surface area (Å²) in [6.07, 6.45) is -5.13. The fourth-order valence-corrected chi connectivity index (χ4v) is 6.55. The van der Waals surface area contributed by atoms with E-state index in [9.17, 15) is 18.3 Å². The average Bonchev–Trinajstić information content (AvgIpc) is 2.83. The second-order valence-corrected chi connectivity index (χ2v) is 10.3. The van der Waals surface area contributed by atoms with E-state index < -0.39 is 25.9 Å². The Kier molecular flexibility index (Phi) is 6.85. The molecule has 2 nitrogen and oxygen atoms in total. The summed E-state index contributed by atoms with van der Waals surface area (Å²) in [5.41, 5.74) is 0.135. The van der Waals surface area contributed by atoms with Crippen LogP contribution < -0.4 is 10.6 Å². The van der Waals surface area contributed by atoms with Crippen LogP contribution in [0.5, 0.6) is 0 Å². The van der Waals surface area contributed by atoms with E-state index in [-0.39, 0.29) is 6.04 Å². The fraction of sp³-hybridized carbons (Fsp3) is 0.185. The highest BCUT2D eigenvalue weighted by molar-refractivity contribution is 7.71. The minimum Gasteiger partial charge on any atom is -0.387 e. The first-order valence-corrected chi connectivity index (χ1v) is 12.0. The van der Waals surface area contributed by atoms with E-state index in [1.807, 2.05) is 86.8 Å². The highest BCUT2D eigenvalue weighted by Crippen LogP contribution is 2.43. The van der Waals surface area contributed by atoms with Crippen molar-refractivity contribution >= 4 is 29.5 Å². The molecule has 3 atom stereocenters. The molecule has 4 rings (SSSR count). The Balaban J connectivity index is 1.80. The maximum absolute atomic E-state index is 13.2. The van der Waals surface area contributed by atoms with Gasteiger partial charge in [-0.25, -0.2) is 0 Å². The summed E-state index contributed by atoms with van der Waals surface area (Å²) in [5.74, 6) is 0. The summed E-state index contributed by atoms with van der Waals surface area (Å²) >= 11 is 0. The lowest BCUT2D eigenvalue weighted by Crippen LogP contribution is -2.36. The molecule has 4 aromatic rings. The number of hydrogen-bond acceptors (Lipinski definition) is 2. The Morgan fingerprint density at radius 2 is 1.39 bits per heavy atom. The molecule has 0 bridgehead atoms. The van der Waals surface area contributed by atoms with E-state index in [0.717, 1.165) is 39.1 Å². The summed E-state index contributed by atoms with van der Waals surface area (Å²) < 4.78 is 41.7. The summed E-state index contributed by atoms with van der Waals surface area (Å²) in [4.78, 5) is 0. The number of likely N-dealkylation sites (N-methyl/N-ethyl adjacent to an activating group) is 1. The van der Waals surface area contributed by atoms with Crippen LogP contribution in [0.15, 0.2) is 97.1 Å². The molecular formula is C27H25F3NOP. The van der Waals surface area contributed by atoms with Gasteiger partial charge in [0.05, 0.1) is 11.7 Å². The van der Waals surface area contributed by atoms with Crippen molar-refractivity contribution in [3.8, 4) is 0 Å². The molecule has 0 radical (unpaired) electrons. The van der Waals surface area contributed by atoms with Crippen molar-refractivity contribution in [3.05, 3.63) is 108 Å². The first-order chi connectivity index (χ1) is 15.8. The van der Waals surface area contributed by atoms with Crippen LogP contribution in [0.3, 0.4) is 0 Å². The van der Waals surface area contributed by atoms with Crippen LogP contribution in [0.2, 0.25) is 0 Å². The lowest BCUT2D eigenvalue weighted by molar-refractivity contribution is -0.137. The number of fused-ring (bicyclic) bond motifs is 1. The zero-order valence-corrected chi connectivity index (χ0v) is 19.3. The zero-order chi connectivity index (χ0) is 23.6. The van der Waals surface area contributed by atoms with Crippen LogP contribution in [0.1, 0.15) is 24.2 Å². The van der Waals surface area contributed by atoms with Crippen molar-refractivity contribution in [1.29, 1.82) is 0 Å². The lowest BCUT2D eigenvalue weighted by Gasteiger charge is -2.36. The summed E-state index contributed by atoms with van der Waals surface area (Å²) in [7, 11) is 0.716. The minimum atomic E-state index is -4.39. The largest absolute Gasteiger partial charge is 0.416 e. The maximum Gasteiger partial charge on any atom is 0.416 e. The van der Waals surface area contributed by atoms with Crippen molar-refractivity contribution in [2.75, 3.05) is 7.05 Å². The van der Waals surface area contributed by atoms with Gasteiger partial charge in [-0.1, -0.05) is 84.9 Å². The second-order valence-electron chi connectivity index (χ2n) is 8.02. The first-order valence-electron chi connectivity index (χ1n) is 10.7. The van der Waals surface area contributed by atoms with Gasteiger partial charge in [0, 0.05) is 19.4 Å². The standard InChI is InChI=1S/C27H25F3NOP/c1-19(26(32)21-10-4-3-5-11-21)31(2)33(23-17-15-22(16-18-23)27(28,29)30)25-14-8-12-20-9-6-7-13-24(20)25/h3-19,26,32H,1-2H3/t19-,26-,33?/m0/s1. The van der Waals surface area contributed by atoms with Gasteiger partial charge in [0.25, 0.3) is 0 Å². The number of aliphatic hydroxyl groups excluding tert-OH is 1. The van der Waals surface area contributed by atoms with Gasteiger partial charge in [0.1, 0.15) is 0 Å². The third-order valence-electron chi connectivity index (χ3n) is 5.94. The maximum atomic E-state index is 13.2. The van der Waals surface area contributed by atoms with Gasteiger partial charge in [-0.05, 0) is 47.7 Å². The van der Waals surface area contributed by atoms with E-state index in [4.69, 9.17) is 0 Å². The van der Waals surface area contributed by atoms with Crippen molar-refractivity contribution < 1.29 is 18.3 Å². The van der Waals surface area contributed by atoms with Crippen LogP contribution in [0.25, 0.3) is 10.8 Å². The van der Waals surface area contributed by atoms with Crippen LogP contribution >= 0.6 is 8.07 Å². The summed E-state index contributed by atoms with van der Waals surface area (Å²) in [5, 5.41) is 15.0. The van der Waals surface area contributed by atoms with E-state index in [1.165, 1.54) is 0 Å². The molecule has 1 unspecified atom stereocenters. The molecule has 0 aromatic heterocycles. The molecule has 33 heavy (non-hydrogen) atoms. The van der Waals surface area contributed by atoms with Gasteiger partial charge in [-0.2, -0.15) is 13.2 Å². The molecule has 0 aliphatic rings. The molecule has 0 aliphatic carbocycles. The smallest absolute Gasteiger partial charge is 0.387 e. The molecule has 0 saturated heterocycles. The number of halogens is 3. The van der Waals surface area contributed by atoms with Gasteiger partial charge in [-0.15, -0.1) is 0 Å². The average molecular weight is 467 g/mol. The van der Waals surface area contributed by atoms with Crippen LogP contribution in [0.4, 0.5) is 13.2 Å². The van der Waals surface area contributed by atoms with Crippen molar-refractivity contribution in [1.82, 2.24) is 4.67 Å². The van der Waals surface area contributed by atoms with E-state index in [0.29, 0.717) is 0 Å². The monoisotopic (exact) mass is 467 g/mol. The molecule has 0 amide bonds. The molecule has 0 spiro atoms. The quantitative estimate of drug-likeness (QED) is 0.339. The topological polar surface area (TPSA) is 23.5 Å². The zero-order valence-electron chi connectivity index (χ0n) is 18.4. The Labute approximate surface area is 193 Å². The lowest BCUT2D eigenvalue weighted by atomic mass is 10.0. The predicted octanol–water partition coefficient (Wildman–Crippen LogP) is 6.26. The van der Waals surface area contributed by atoms with E-state index >= 15 is 0 Å². The highest BCUT2D eigenvalue weighted by Gasteiger charge is 2.32. The molecular weight excluding hydrogens is 442 g/mol. The fourth-order valence-electron chi connectivity index (χ4n) is 3.99. The molecule has 4 aromatic carbocycles. The van der Waals surface area contributed by atoms with E-state index in [2.05, 4.69) is 4.67 Å². The van der Waals surface area contributed by atoms with Crippen LogP contribution in [-0.2, 0) is 6.18 Å². The highest BCUT2D eigenvalue weighted by atomic mass is 31.1. The Morgan fingerprint density at radius 3 is 2.06 bits per heavy atom. The van der Waals surface area contributed by atoms with Crippen molar-refractivity contribution in [2.45, 2.75) is 25.2 Å². The third-order valence-corrected chi connectivity index (χ3v) is 8.57. The number of hydrogen-bond donors (Lipinski definition) is 1. The van der Waals surface area contributed by atoms with Crippen molar-refractivity contribution in [2.24, 2.45) is 0 Å². The molecule has 0 fully saturated rings. The predicted molar refractivity (Wildman–Crippen MR) is 130 cm³/mol. The number of benzene rings is 4. The van der Waals surface area contributed by atoms with Gasteiger partial charge in [0.15, 0.2) is 0 Å². The van der Waals surface area contributed by atoms with Crippen molar-refractivity contribution in [3.63, 3.8) is 0 Å². The van der Waals surface area contributed by atoms with Gasteiger partial charge >= 0.3 is 6.18 Å². The molecule has 1 N–H and O–H groups in total. The Bertz CT molecular complexity index is 1210. The van der Waals surface area contributed by atoms with Gasteiger partial charge in [0.2, 0.25) is 0 Å². The van der Waals surface area contributed by atoms with Gasteiger partial charge in [-0.3, -0.25) is 4.67 Å². The Hall–Kier alpha value is -2.72. The SMILES string of the molecule is C[C@@H]([C@H](O)c1ccccc1)N(C)P(c1ccc(C(F)(F)F)cc1)c1cccc2ccccc12. The number of alkyl halides is 3. The molecule has 0 aliphatic heterocycles. The van der Waals surface area contributed by atoms with Crippen LogP contribution in [-0.4, -0.2) is 22.9 Å². The number of rotatable bonds is 6. The molecule has 0 heterocycles.